The Bertz CT molecular complexity index is 1170. The Morgan fingerprint density at radius 1 is 1.08 bits per heavy atom. The van der Waals surface area contributed by atoms with Crippen LogP contribution < -0.4 is 14.8 Å². The minimum Gasteiger partial charge on any atom is -0.503 e. The standard InChI is InChI=1S/C27H29FN2O6/c1-3-13-35-23-16-20(28)10-9-19(23)15-21(14-18-7-5-4-6-8-18)36-24(31)17-30-27(33)25-26(32)22(34-2)11-12-29-25/h4-12,16,21,32H,3,13-15,17H2,1-2H3,(H,30,33). The number of benzene rings is 2. The fraction of sp³-hybridized carbons (Fsp3) is 0.296. The summed E-state index contributed by atoms with van der Waals surface area (Å²) in [4.78, 5) is 28.9. The summed E-state index contributed by atoms with van der Waals surface area (Å²) < 4.78 is 30.2. The predicted octanol–water partition coefficient (Wildman–Crippen LogP) is 3.85. The quantitative estimate of drug-likeness (QED) is 0.367. The number of pyridine rings is 1. The van der Waals surface area contributed by atoms with Crippen molar-refractivity contribution < 1.29 is 33.3 Å². The van der Waals surface area contributed by atoms with Gasteiger partial charge >= 0.3 is 5.97 Å². The summed E-state index contributed by atoms with van der Waals surface area (Å²) in [6.07, 6.45) is 2.16. The number of hydrogen-bond acceptors (Lipinski definition) is 7. The molecule has 0 saturated heterocycles. The van der Waals surface area contributed by atoms with E-state index in [1.807, 2.05) is 37.3 Å². The lowest BCUT2D eigenvalue weighted by atomic mass is 10.0. The topological polar surface area (TPSA) is 107 Å². The van der Waals surface area contributed by atoms with Gasteiger partial charge in [0.05, 0.1) is 13.7 Å². The van der Waals surface area contributed by atoms with Crippen molar-refractivity contribution in [3.05, 3.63) is 83.4 Å². The molecule has 1 amide bonds. The molecule has 0 aliphatic heterocycles. The van der Waals surface area contributed by atoms with Crippen molar-refractivity contribution in [3.63, 3.8) is 0 Å². The maximum absolute atomic E-state index is 13.8. The van der Waals surface area contributed by atoms with Gasteiger partial charge in [0.2, 0.25) is 0 Å². The summed E-state index contributed by atoms with van der Waals surface area (Å²) in [6.45, 7) is 1.94. The van der Waals surface area contributed by atoms with Crippen LogP contribution in [-0.2, 0) is 22.4 Å². The number of amides is 1. The number of carbonyl (C=O) groups excluding carboxylic acids is 2. The Morgan fingerprint density at radius 3 is 2.58 bits per heavy atom. The number of methoxy groups -OCH3 is 1. The number of hydrogen-bond donors (Lipinski definition) is 2. The van der Waals surface area contributed by atoms with Crippen LogP contribution in [0.1, 0.15) is 35.0 Å². The number of esters is 1. The Balaban J connectivity index is 1.71. The van der Waals surface area contributed by atoms with E-state index in [1.165, 1.54) is 31.5 Å². The van der Waals surface area contributed by atoms with Gasteiger partial charge in [-0.25, -0.2) is 9.37 Å². The maximum atomic E-state index is 13.8. The van der Waals surface area contributed by atoms with Crippen LogP contribution in [0.2, 0.25) is 0 Å². The van der Waals surface area contributed by atoms with Crippen molar-refractivity contribution in [1.29, 1.82) is 0 Å². The monoisotopic (exact) mass is 496 g/mol. The first-order chi connectivity index (χ1) is 17.4. The number of rotatable bonds is 12. The number of halogens is 1. The van der Waals surface area contributed by atoms with Gasteiger partial charge in [-0.3, -0.25) is 9.59 Å². The normalized spacial score (nSPS) is 11.4. The van der Waals surface area contributed by atoms with E-state index in [1.54, 1.807) is 6.07 Å². The molecule has 0 saturated carbocycles. The van der Waals surface area contributed by atoms with Gasteiger partial charge in [0.15, 0.2) is 17.2 Å². The lowest BCUT2D eigenvalue weighted by Gasteiger charge is -2.20. The predicted molar refractivity (Wildman–Crippen MR) is 131 cm³/mol. The molecule has 3 aromatic rings. The molecule has 1 heterocycles. The van der Waals surface area contributed by atoms with Crippen LogP contribution in [-0.4, -0.2) is 48.3 Å². The van der Waals surface area contributed by atoms with E-state index in [4.69, 9.17) is 14.2 Å². The fourth-order valence-electron chi connectivity index (χ4n) is 3.55. The molecule has 3 rings (SSSR count). The Hall–Kier alpha value is -4.14. The highest BCUT2D eigenvalue weighted by Gasteiger charge is 2.21. The van der Waals surface area contributed by atoms with Gasteiger partial charge in [0, 0.05) is 31.2 Å². The second-order valence-electron chi connectivity index (χ2n) is 8.00. The third kappa shape index (κ3) is 7.43. The smallest absolute Gasteiger partial charge is 0.325 e. The third-order valence-electron chi connectivity index (χ3n) is 5.26. The van der Waals surface area contributed by atoms with Crippen LogP contribution in [0.3, 0.4) is 0 Å². The largest absolute Gasteiger partial charge is 0.503 e. The first-order valence-corrected chi connectivity index (χ1v) is 11.6. The second kappa shape index (κ2) is 13.1. The average Bonchev–Trinajstić information content (AvgIpc) is 2.88. The molecule has 1 atom stereocenters. The molecular formula is C27H29FN2O6. The molecule has 0 bridgehead atoms. The van der Waals surface area contributed by atoms with E-state index >= 15 is 0 Å². The van der Waals surface area contributed by atoms with E-state index in [9.17, 15) is 19.1 Å². The minimum atomic E-state index is -0.753. The summed E-state index contributed by atoms with van der Waals surface area (Å²) >= 11 is 0. The number of nitrogens with one attached hydrogen (secondary N) is 1. The lowest BCUT2D eigenvalue weighted by molar-refractivity contribution is -0.147. The average molecular weight is 497 g/mol. The Kier molecular flexibility index (Phi) is 9.62. The van der Waals surface area contributed by atoms with Gasteiger partial charge in [-0.05, 0) is 23.6 Å². The SMILES string of the molecule is CCCOc1cc(F)ccc1CC(Cc1ccccc1)OC(=O)CNC(=O)c1nccc(OC)c1O. The van der Waals surface area contributed by atoms with Crippen LogP contribution in [0.15, 0.2) is 60.8 Å². The molecule has 1 unspecified atom stereocenters. The summed E-state index contributed by atoms with van der Waals surface area (Å²) in [5, 5.41) is 12.5. The van der Waals surface area contributed by atoms with E-state index in [-0.39, 0.29) is 17.9 Å². The van der Waals surface area contributed by atoms with Gasteiger partial charge in [-0.2, -0.15) is 0 Å². The minimum absolute atomic E-state index is 0.0843. The first kappa shape index (κ1) is 26.5. The summed E-state index contributed by atoms with van der Waals surface area (Å²) in [5.74, 6) is -1.79. The Morgan fingerprint density at radius 2 is 1.86 bits per heavy atom. The highest BCUT2D eigenvalue weighted by Crippen LogP contribution is 2.27. The van der Waals surface area contributed by atoms with Gasteiger partial charge in [-0.1, -0.05) is 43.3 Å². The molecule has 8 nitrogen and oxygen atoms in total. The molecule has 36 heavy (non-hydrogen) atoms. The van der Waals surface area contributed by atoms with Crippen molar-refractivity contribution in [2.45, 2.75) is 32.3 Å². The second-order valence-corrected chi connectivity index (χ2v) is 8.00. The van der Waals surface area contributed by atoms with Gasteiger partial charge in [-0.15, -0.1) is 0 Å². The molecule has 0 aliphatic carbocycles. The highest BCUT2D eigenvalue weighted by molar-refractivity contribution is 5.97. The number of ether oxygens (including phenoxy) is 3. The van der Waals surface area contributed by atoms with Crippen LogP contribution in [0.4, 0.5) is 4.39 Å². The van der Waals surface area contributed by atoms with E-state index in [0.717, 1.165) is 12.0 Å². The van der Waals surface area contributed by atoms with Crippen molar-refractivity contribution in [2.24, 2.45) is 0 Å². The van der Waals surface area contributed by atoms with E-state index in [2.05, 4.69) is 10.3 Å². The molecule has 2 N–H and O–H groups in total. The van der Waals surface area contributed by atoms with E-state index < -0.39 is 36.1 Å². The highest BCUT2D eigenvalue weighted by atomic mass is 19.1. The molecule has 190 valence electrons. The molecular weight excluding hydrogens is 467 g/mol. The fourth-order valence-corrected chi connectivity index (χ4v) is 3.55. The van der Waals surface area contributed by atoms with Crippen LogP contribution in [0.25, 0.3) is 0 Å². The van der Waals surface area contributed by atoms with Crippen molar-refractivity contribution in [2.75, 3.05) is 20.3 Å². The summed E-state index contributed by atoms with van der Waals surface area (Å²) in [6, 6.07) is 15.2. The van der Waals surface area contributed by atoms with Crippen molar-refractivity contribution >= 4 is 11.9 Å². The molecule has 0 spiro atoms. The molecule has 0 fully saturated rings. The molecule has 9 heteroatoms. The molecule has 0 aliphatic rings. The summed E-state index contributed by atoms with van der Waals surface area (Å²) in [7, 11) is 1.35. The number of carbonyl (C=O) groups is 2. The first-order valence-electron chi connectivity index (χ1n) is 11.6. The summed E-state index contributed by atoms with van der Waals surface area (Å²) in [5.41, 5.74) is 1.38. The Labute approximate surface area is 209 Å². The van der Waals surface area contributed by atoms with Crippen LogP contribution >= 0.6 is 0 Å². The number of aromatic nitrogens is 1. The zero-order valence-electron chi connectivity index (χ0n) is 20.2. The van der Waals surface area contributed by atoms with Crippen LogP contribution in [0, 0.1) is 5.82 Å². The molecule has 2 aromatic carbocycles. The zero-order valence-corrected chi connectivity index (χ0v) is 20.2. The van der Waals surface area contributed by atoms with Crippen molar-refractivity contribution in [3.8, 4) is 17.2 Å². The zero-order chi connectivity index (χ0) is 25.9. The van der Waals surface area contributed by atoms with Gasteiger partial charge in [0.25, 0.3) is 5.91 Å². The number of aromatic hydroxyl groups is 1. The van der Waals surface area contributed by atoms with Gasteiger partial charge in [0.1, 0.15) is 24.2 Å². The van der Waals surface area contributed by atoms with E-state index in [0.29, 0.717) is 24.3 Å². The lowest BCUT2D eigenvalue weighted by Crippen LogP contribution is -2.34. The van der Waals surface area contributed by atoms with Crippen molar-refractivity contribution in [1.82, 2.24) is 10.3 Å². The molecule has 0 radical (unpaired) electrons. The maximum Gasteiger partial charge on any atom is 0.325 e. The molecule has 1 aromatic heterocycles. The van der Waals surface area contributed by atoms with Crippen LogP contribution in [0.5, 0.6) is 17.2 Å². The number of nitrogens with zero attached hydrogens (tertiary/aromatic N) is 1. The van der Waals surface area contributed by atoms with Gasteiger partial charge < -0.3 is 24.6 Å². The third-order valence-corrected chi connectivity index (χ3v) is 5.26.